The zero-order valence-electron chi connectivity index (χ0n) is 12.7. The van der Waals surface area contributed by atoms with Gasteiger partial charge in [-0.05, 0) is 46.7 Å². The maximum atomic E-state index is 10.5. The van der Waals surface area contributed by atoms with Gasteiger partial charge in [-0.3, -0.25) is 0 Å². The second kappa shape index (κ2) is 6.29. The van der Waals surface area contributed by atoms with Gasteiger partial charge in [0.2, 0.25) is 0 Å². The van der Waals surface area contributed by atoms with Gasteiger partial charge in [0.05, 0.1) is 10.0 Å². The summed E-state index contributed by atoms with van der Waals surface area (Å²) in [5.74, 6) is 0.864. The highest BCUT2D eigenvalue weighted by Crippen LogP contribution is 2.40. The number of phenols is 1. The molecule has 0 aliphatic heterocycles. The summed E-state index contributed by atoms with van der Waals surface area (Å²) >= 11 is 12.5. The number of rotatable bonds is 3. The van der Waals surface area contributed by atoms with Crippen LogP contribution in [0.5, 0.6) is 5.75 Å². The van der Waals surface area contributed by atoms with E-state index in [4.69, 9.17) is 23.2 Å². The van der Waals surface area contributed by atoms with Gasteiger partial charge in [0.15, 0.2) is 0 Å². The van der Waals surface area contributed by atoms with Crippen LogP contribution in [0.3, 0.4) is 0 Å². The maximum Gasteiger partial charge on any atom is 0.122 e. The van der Waals surface area contributed by atoms with Crippen LogP contribution in [-0.2, 0) is 0 Å². The minimum Gasteiger partial charge on any atom is -0.507 e. The van der Waals surface area contributed by atoms with Crippen molar-refractivity contribution in [3.63, 3.8) is 0 Å². The summed E-state index contributed by atoms with van der Waals surface area (Å²) in [5.41, 5.74) is 3.76. The molecule has 0 saturated carbocycles. The fraction of sp³-hybridized carbons (Fsp3) is 0.333. The first-order chi connectivity index (χ1) is 9.82. The number of phenolic OH excluding ortho intramolecular Hbond substituents is 1. The molecule has 0 unspecified atom stereocenters. The highest BCUT2D eigenvalue weighted by atomic mass is 35.5. The average Bonchev–Trinajstić information content (AvgIpc) is 2.41. The van der Waals surface area contributed by atoms with E-state index in [1.165, 1.54) is 0 Å². The molecule has 0 amide bonds. The first-order valence-electron chi connectivity index (χ1n) is 7.14. The Morgan fingerprint density at radius 1 is 0.905 bits per heavy atom. The molecule has 0 atom stereocenters. The number of hydrogen-bond donors (Lipinski definition) is 1. The molecule has 0 aliphatic rings. The zero-order valence-corrected chi connectivity index (χ0v) is 14.3. The van der Waals surface area contributed by atoms with Crippen LogP contribution < -0.4 is 0 Å². The van der Waals surface area contributed by atoms with Crippen LogP contribution in [0.2, 0.25) is 10.0 Å². The molecule has 3 heteroatoms. The summed E-state index contributed by atoms with van der Waals surface area (Å²) in [4.78, 5) is 0. The molecule has 112 valence electrons. The first-order valence-corrected chi connectivity index (χ1v) is 7.89. The zero-order chi connectivity index (χ0) is 15.7. The lowest BCUT2D eigenvalue weighted by Gasteiger charge is -2.18. The van der Waals surface area contributed by atoms with Crippen LogP contribution in [0.4, 0.5) is 0 Å². The Hall–Kier alpha value is -1.18. The summed E-state index contributed by atoms with van der Waals surface area (Å²) < 4.78 is 0. The lowest BCUT2D eigenvalue weighted by molar-refractivity contribution is 0.454. The van der Waals surface area contributed by atoms with Gasteiger partial charge in [-0.15, -0.1) is 0 Å². The van der Waals surface area contributed by atoms with E-state index in [9.17, 15) is 5.11 Å². The molecule has 0 bridgehead atoms. The molecule has 2 aromatic rings. The van der Waals surface area contributed by atoms with Crippen molar-refractivity contribution in [2.75, 3.05) is 0 Å². The van der Waals surface area contributed by atoms with Crippen LogP contribution in [0.15, 0.2) is 30.3 Å². The van der Waals surface area contributed by atoms with Gasteiger partial charge in [-0.1, -0.05) is 63.0 Å². The highest BCUT2D eigenvalue weighted by Gasteiger charge is 2.17. The second-order valence-electron chi connectivity index (χ2n) is 5.91. The third-order valence-electron chi connectivity index (χ3n) is 3.68. The van der Waals surface area contributed by atoms with Crippen molar-refractivity contribution in [2.24, 2.45) is 0 Å². The standard InChI is InChI=1S/C18H20Cl2O/c1-10(2)14-8-12(9-15(11(3)4)18(14)21)13-6-5-7-16(19)17(13)20/h5-11,21H,1-4H3. The molecule has 0 aliphatic carbocycles. The summed E-state index contributed by atoms with van der Waals surface area (Å²) in [6.45, 7) is 8.29. The molecule has 0 aromatic heterocycles. The van der Waals surface area contributed by atoms with E-state index in [0.29, 0.717) is 15.8 Å². The minimum atomic E-state index is 0.236. The Morgan fingerprint density at radius 2 is 1.43 bits per heavy atom. The predicted molar refractivity (Wildman–Crippen MR) is 91.7 cm³/mol. The van der Waals surface area contributed by atoms with Crippen LogP contribution in [0.25, 0.3) is 11.1 Å². The number of aromatic hydroxyl groups is 1. The van der Waals surface area contributed by atoms with E-state index in [0.717, 1.165) is 22.3 Å². The van der Waals surface area contributed by atoms with E-state index < -0.39 is 0 Å². The summed E-state index contributed by atoms with van der Waals surface area (Å²) in [5, 5.41) is 11.6. The number of benzene rings is 2. The molecule has 0 fully saturated rings. The smallest absolute Gasteiger partial charge is 0.122 e. The Morgan fingerprint density at radius 3 is 1.90 bits per heavy atom. The number of halogens is 2. The second-order valence-corrected chi connectivity index (χ2v) is 6.70. The third-order valence-corrected chi connectivity index (χ3v) is 4.49. The van der Waals surface area contributed by atoms with Crippen molar-refractivity contribution in [3.05, 3.63) is 51.5 Å². The Bertz CT molecular complexity index is 631. The molecular weight excluding hydrogens is 303 g/mol. The van der Waals surface area contributed by atoms with Crippen molar-refractivity contribution in [2.45, 2.75) is 39.5 Å². The van der Waals surface area contributed by atoms with Crippen LogP contribution >= 0.6 is 23.2 Å². The molecular formula is C18H20Cl2O. The molecule has 0 heterocycles. The van der Waals surface area contributed by atoms with Gasteiger partial charge in [0.25, 0.3) is 0 Å². The average molecular weight is 323 g/mol. The van der Waals surface area contributed by atoms with E-state index in [2.05, 4.69) is 27.7 Å². The normalized spacial score (nSPS) is 11.4. The van der Waals surface area contributed by atoms with Gasteiger partial charge in [0.1, 0.15) is 5.75 Å². The number of hydrogen-bond acceptors (Lipinski definition) is 1. The van der Waals surface area contributed by atoms with Crippen molar-refractivity contribution in [1.29, 1.82) is 0 Å². The van der Waals surface area contributed by atoms with Crippen LogP contribution in [0.1, 0.15) is 50.7 Å². The topological polar surface area (TPSA) is 20.2 Å². The lowest BCUT2D eigenvalue weighted by atomic mass is 9.89. The molecule has 1 nitrogen and oxygen atoms in total. The monoisotopic (exact) mass is 322 g/mol. The summed E-state index contributed by atoms with van der Waals surface area (Å²) in [6, 6.07) is 9.63. The van der Waals surface area contributed by atoms with E-state index in [1.807, 2.05) is 24.3 Å². The molecule has 0 radical (unpaired) electrons. The van der Waals surface area contributed by atoms with Crippen LogP contribution in [0, 0.1) is 0 Å². The van der Waals surface area contributed by atoms with Gasteiger partial charge < -0.3 is 5.11 Å². The fourth-order valence-electron chi connectivity index (χ4n) is 2.44. The van der Waals surface area contributed by atoms with E-state index in [1.54, 1.807) is 6.07 Å². The SMILES string of the molecule is CC(C)c1cc(-c2cccc(Cl)c2Cl)cc(C(C)C)c1O. The predicted octanol–water partition coefficient (Wildman–Crippen LogP) is 6.61. The Kier molecular flexibility index (Phi) is 4.85. The van der Waals surface area contributed by atoms with Gasteiger partial charge in [-0.2, -0.15) is 0 Å². The summed E-state index contributed by atoms with van der Waals surface area (Å²) in [7, 11) is 0. The molecule has 0 spiro atoms. The highest BCUT2D eigenvalue weighted by molar-refractivity contribution is 6.43. The van der Waals surface area contributed by atoms with Gasteiger partial charge in [-0.25, -0.2) is 0 Å². The van der Waals surface area contributed by atoms with Gasteiger partial charge in [0, 0.05) is 5.56 Å². The van der Waals surface area contributed by atoms with Gasteiger partial charge >= 0.3 is 0 Å². The summed E-state index contributed by atoms with van der Waals surface area (Å²) in [6.07, 6.45) is 0. The molecule has 2 rings (SSSR count). The van der Waals surface area contributed by atoms with E-state index >= 15 is 0 Å². The van der Waals surface area contributed by atoms with Crippen molar-refractivity contribution >= 4 is 23.2 Å². The van der Waals surface area contributed by atoms with Crippen molar-refractivity contribution in [1.82, 2.24) is 0 Å². The molecule has 2 aromatic carbocycles. The molecule has 21 heavy (non-hydrogen) atoms. The van der Waals surface area contributed by atoms with Crippen LogP contribution in [-0.4, -0.2) is 5.11 Å². The minimum absolute atomic E-state index is 0.236. The first kappa shape index (κ1) is 16.2. The fourth-order valence-corrected chi connectivity index (χ4v) is 2.85. The van der Waals surface area contributed by atoms with Crippen molar-refractivity contribution in [3.8, 4) is 16.9 Å². The molecule has 1 N–H and O–H groups in total. The lowest BCUT2D eigenvalue weighted by Crippen LogP contribution is -1.97. The maximum absolute atomic E-state index is 10.5. The van der Waals surface area contributed by atoms with Crippen molar-refractivity contribution < 1.29 is 5.11 Å². The quantitative estimate of drug-likeness (QED) is 0.673. The Balaban J connectivity index is 2.72. The third kappa shape index (κ3) is 3.20. The molecule has 0 saturated heterocycles. The largest absolute Gasteiger partial charge is 0.507 e. The Labute approximate surface area is 136 Å². The van der Waals surface area contributed by atoms with E-state index in [-0.39, 0.29) is 11.8 Å².